The Morgan fingerprint density at radius 3 is 2.82 bits per heavy atom. The van der Waals surface area contributed by atoms with Crippen molar-refractivity contribution in [3.63, 3.8) is 0 Å². The smallest absolute Gasteiger partial charge is 0.269 e. The molecule has 0 amide bonds. The molecule has 0 radical (unpaired) electrons. The van der Waals surface area contributed by atoms with Crippen LogP contribution < -0.4 is 0 Å². The van der Waals surface area contributed by atoms with Crippen LogP contribution in [-0.2, 0) is 20.0 Å². The minimum Gasteiger partial charge on any atom is -0.387 e. The van der Waals surface area contributed by atoms with Gasteiger partial charge in [0.15, 0.2) is 0 Å². The topological polar surface area (TPSA) is 84.4 Å². The van der Waals surface area contributed by atoms with Gasteiger partial charge in [0.2, 0.25) is 0 Å². The second-order valence-corrected chi connectivity index (χ2v) is 5.60. The van der Waals surface area contributed by atoms with Crippen LogP contribution in [0.5, 0.6) is 0 Å². The molecule has 0 fully saturated rings. The standard InChI is InChI=1S/C15H18N4O3/c1-17-10-16-13-8-18(7-6-14(13)17)9-15(20)11-2-4-12(5-3-11)19(21)22/h2-5,10,15,20H,6-9H2,1H3/t15-/m0/s1. The minimum atomic E-state index is -0.661. The fraction of sp³-hybridized carbons (Fsp3) is 0.400. The first-order valence-corrected chi connectivity index (χ1v) is 7.18. The number of nitro groups is 1. The number of imidazole rings is 1. The molecule has 7 heteroatoms. The van der Waals surface area contributed by atoms with Crippen molar-refractivity contribution in [2.24, 2.45) is 7.05 Å². The van der Waals surface area contributed by atoms with E-state index < -0.39 is 11.0 Å². The first-order chi connectivity index (χ1) is 10.5. The average molecular weight is 302 g/mol. The number of hydrogen-bond donors (Lipinski definition) is 1. The van der Waals surface area contributed by atoms with Gasteiger partial charge in [-0.3, -0.25) is 15.0 Å². The molecule has 3 rings (SSSR count). The molecule has 0 saturated carbocycles. The molecule has 1 atom stereocenters. The van der Waals surface area contributed by atoms with Crippen LogP contribution in [0.1, 0.15) is 23.1 Å². The molecule has 0 bridgehead atoms. The summed E-state index contributed by atoms with van der Waals surface area (Å²) in [5.41, 5.74) is 3.04. The van der Waals surface area contributed by atoms with Crippen LogP contribution in [0.2, 0.25) is 0 Å². The highest BCUT2D eigenvalue weighted by Crippen LogP contribution is 2.22. The number of aliphatic hydroxyl groups is 1. The van der Waals surface area contributed by atoms with E-state index in [0.717, 1.165) is 25.2 Å². The summed E-state index contributed by atoms with van der Waals surface area (Å²) < 4.78 is 2.04. The van der Waals surface area contributed by atoms with E-state index in [9.17, 15) is 15.2 Å². The van der Waals surface area contributed by atoms with Crippen LogP contribution in [-0.4, -0.2) is 37.6 Å². The Bertz CT molecular complexity index is 681. The van der Waals surface area contributed by atoms with Crippen molar-refractivity contribution in [3.05, 3.63) is 57.7 Å². The Morgan fingerprint density at radius 2 is 2.14 bits per heavy atom. The highest BCUT2D eigenvalue weighted by atomic mass is 16.6. The molecule has 1 aromatic carbocycles. The number of nitro benzene ring substituents is 1. The molecular weight excluding hydrogens is 284 g/mol. The molecule has 0 saturated heterocycles. The Morgan fingerprint density at radius 1 is 1.41 bits per heavy atom. The van der Waals surface area contributed by atoms with Crippen molar-refractivity contribution >= 4 is 5.69 Å². The lowest BCUT2D eigenvalue weighted by Gasteiger charge is -2.28. The van der Waals surface area contributed by atoms with E-state index in [0.29, 0.717) is 12.1 Å². The van der Waals surface area contributed by atoms with Crippen LogP contribution in [0.3, 0.4) is 0 Å². The van der Waals surface area contributed by atoms with Crippen molar-refractivity contribution in [1.29, 1.82) is 0 Å². The highest BCUT2D eigenvalue weighted by molar-refractivity contribution is 5.33. The van der Waals surface area contributed by atoms with Gasteiger partial charge < -0.3 is 9.67 Å². The predicted octanol–water partition coefficient (Wildman–Crippen LogP) is 1.42. The first kappa shape index (κ1) is 14.7. The summed E-state index contributed by atoms with van der Waals surface area (Å²) in [6, 6.07) is 6.06. The molecule has 1 N–H and O–H groups in total. The molecule has 0 spiro atoms. The number of β-amino-alcohol motifs (C(OH)–C–C–N with tert-alkyl or cyclic N) is 1. The lowest BCUT2D eigenvalue weighted by atomic mass is 10.1. The minimum absolute atomic E-state index is 0.0343. The van der Waals surface area contributed by atoms with E-state index in [2.05, 4.69) is 9.88 Å². The summed E-state index contributed by atoms with van der Waals surface area (Å²) in [7, 11) is 1.99. The number of hydrogen-bond acceptors (Lipinski definition) is 5. The molecule has 22 heavy (non-hydrogen) atoms. The van der Waals surface area contributed by atoms with Gasteiger partial charge in [0.1, 0.15) is 0 Å². The van der Waals surface area contributed by atoms with Crippen molar-refractivity contribution in [2.45, 2.75) is 19.1 Å². The van der Waals surface area contributed by atoms with E-state index in [4.69, 9.17) is 0 Å². The molecule has 1 aromatic heterocycles. The number of rotatable bonds is 4. The van der Waals surface area contributed by atoms with Gasteiger partial charge >= 0.3 is 0 Å². The highest BCUT2D eigenvalue weighted by Gasteiger charge is 2.22. The van der Waals surface area contributed by atoms with Crippen LogP contribution in [0.4, 0.5) is 5.69 Å². The maximum atomic E-state index is 10.6. The number of fused-ring (bicyclic) bond motifs is 1. The Kier molecular flexibility index (Phi) is 3.91. The fourth-order valence-electron chi connectivity index (χ4n) is 2.84. The molecule has 0 aliphatic carbocycles. The van der Waals surface area contributed by atoms with E-state index in [1.54, 1.807) is 12.1 Å². The third-order valence-corrected chi connectivity index (χ3v) is 4.10. The van der Waals surface area contributed by atoms with Gasteiger partial charge in [-0.25, -0.2) is 4.98 Å². The molecule has 0 unspecified atom stereocenters. The number of non-ortho nitro benzene ring substituents is 1. The molecule has 1 aliphatic heterocycles. The summed E-state index contributed by atoms with van der Waals surface area (Å²) in [5, 5.41) is 21.0. The number of aryl methyl sites for hydroxylation is 1. The Balaban J connectivity index is 1.65. The van der Waals surface area contributed by atoms with Crippen LogP contribution in [0, 0.1) is 10.1 Å². The van der Waals surface area contributed by atoms with Gasteiger partial charge in [0.25, 0.3) is 5.69 Å². The quantitative estimate of drug-likeness (QED) is 0.682. The number of aromatic nitrogens is 2. The van der Waals surface area contributed by atoms with E-state index in [1.165, 1.54) is 17.8 Å². The maximum absolute atomic E-state index is 10.6. The second kappa shape index (κ2) is 5.86. The van der Waals surface area contributed by atoms with Gasteiger partial charge in [-0.05, 0) is 17.7 Å². The van der Waals surface area contributed by atoms with E-state index >= 15 is 0 Å². The average Bonchev–Trinajstić information content (AvgIpc) is 2.88. The van der Waals surface area contributed by atoms with Gasteiger partial charge in [0.05, 0.1) is 23.0 Å². The Labute approximate surface area is 128 Å². The SMILES string of the molecule is Cn1cnc2c1CCN(C[C@H](O)c1ccc([N+](=O)[O-])cc1)C2. The zero-order valence-corrected chi connectivity index (χ0v) is 12.3. The molecule has 2 aromatic rings. The summed E-state index contributed by atoms with van der Waals surface area (Å²) in [4.78, 5) is 16.7. The summed E-state index contributed by atoms with van der Waals surface area (Å²) in [5.74, 6) is 0. The number of aliphatic hydroxyl groups excluding tert-OH is 1. The molecule has 7 nitrogen and oxygen atoms in total. The second-order valence-electron chi connectivity index (χ2n) is 5.60. The first-order valence-electron chi connectivity index (χ1n) is 7.18. The largest absolute Gasteiger partial charge is 0.387 e. The predicted molar refractivity (Wildman–Crippen MR) is 80.2 cm³/mol. The fourth-order valence-corrected chi connectivity index (χ4v) is 2.84. The maximum Gasteiger partial charge on any atom is 0.269 e. The summed E-state index contributed by atoms with van der Waals surface area (Å²) in [6.07, 6.45) is 2.07. The van der Waals surface area contributed by atoms with Crippen molar-refractivity contribution < 1.29 is 10.0 Å². The van der Waals surface area contributed by atoms with Crippen molar-refractivity contribution in [1.82, 2.24) is 14.5 Å². The zero-order valence-electron chi connectivity index (χ0n) is 12.3. The third kappa shape index (κ3) is 2.86. The molecule has 2 heterocycles. The zero-order chi connectivity index (χ0) is 15.7. The van der Waals surface area contributed by atoms with Crippen LogP contribution in [0.25, 0.3) is 0 Å². The molecule has 116 valence electrons. The summed E-state index contributed by atoms with van der Waals surface area (Å²) >= 11 is 0. The van der Waals surface area contributed by atoms with E-state index in [-0.39, 0.29) is 5.69 Å². The Hall–Kier alpha value is -2.25. The van der Waals surface area contributed by atoms with E-state index in [1.807, 2.05) is 17.9 Å². The van der Waals surface area contributed by atoms with Gasteiger partial charge in [0, 0.05) is 50.9 Å². The summed E-state index contributed by atoms with van der Waals surface area (Å²) in [6.45, 7) is 2.09. The van der Waals surface area contributed by atoms with Crippen molar-refractivity contribution in [3.8, 4) is 0 Å². The van der Waals surface area contributed by atoms with Gasteiger partial charge in [-0.1, -0.05) is 0 Å². The number of nitrogens with zero attached hydrogens (tertiary/aromatic N) is 4. The van der Waals surface area contributed by atoms with Gasteiger partial charge in [-0.2, -0.15) is 0 Å². The lowest BCUT2D eigenvalue weighted by molar-refractivity contribution is -0.384. The third-order valence-electron chi connectivity index (χ3n) is 4.10. The molecule has 1 aliphatic rings. The lowest BCUT2D eigenvalue weighted by Crippen LogP contribution is -2.34. The molecular formula is C15H18N4O3. The van der Waals surface area contributed by atoms with Gasteiger partial charge in [-0.15, -0.1) is 0 Å². The monoisotopic (exact) mass is 302 g/mol. The number of benzene rings is 1. The van der Waals surface area contributed by atoms with Crippen LogP contribution in [0.15, 0.2) is 30.6 Å². The van der Waals surface area contributed by atoms with Crippen molar-refractivity contribution in [2.75, 3.05) is 13.1 Å². The van der Waals surface area contributed by atoms with Crippen LogP contribution >= 0.6 is 0 Å². The normalized spacial score (nSPS) is 16.3.